The Morgan fingerprint density at radius 3 is 1.58 bits per heavy atom. The summed E-state index contributed by atoms with van der Waals surface area (Å²) >= 11 is 0. The molecule has 0 saturated heterocycles. The average molecular weight is 1230 g/mol. The minimum Gasteiger partial charge on any atom is -0.435 e. The van der Waals surface area contributed by atoms with Crippen LogP contribution in [0.25, 0.3) is 55.4 Å². The molecular weight excluding hydrogens is 1190 g/mol. The first kappa shape index (κ1) is 59.1. The van der Waals surface area contributed by atoms with Crippen LogP contribution in [0.5, 0.6) is 5.75 Å². The predicted molar refractivity (Wildman–Crippen MR) is 296 cm³/mol. The Balaban J connectivity index is 1.36. The van der Waals surface area contributed by atoms with E-state index in [1.165, 1.54) is 10.5 Å². The number of oxazole rings is 2. The van der Waals surface area contributed by atoms with E-state index in [0.717, 1.165) is 6.07 Å². The molecule has 10 aromatic rings. The molecule has 6 aromatic carbocycles. The molecule has 0 fully saturated rings. The Bertz CT molecular complexity index is 4750. The molecule has 432 valence electrons. The van der Waals surface area contributed by atoms with Crippen LogP contribution in [0.2, 0.25) is 0 Å². The van der Waals surface area contributed by atoms with Crippen LogP contribution in [0.1, 0.15) is 37.2 Å². The third-order valence-corrected chi connectivity index (χ3v) is 18.0. The summed E-state index contributed by atoms with van der Waals surface area (Å²) < 4.78 is 226. The van der Waals surface area contributed by atoms with E-state index in [1.807, 2.05) is 42.6 Å². The van der Waals surface area contributed by atoms with Crippen LogP contribution in [0.4, 0.5) is 39.5 Å². The number of nitriles is 2. The Kier molecular flexibility index (Phi) is 15.0. The minimum atomic E-state index is -8.11. The predicted octanol–water partition coefficient (Wildman–Crippen LogP) is 7.44. The molecule has 10 rings (SSSR count). The van der Waals surface area contributed by atoms with Gasteiger partial charge >= 0.3 is 48.9 Å². The number of nitrogens with one attached hydrogen (secondary N) is 1. The monoisotopic (exact) mass is 1230 g/mol. The first-order valence-corrected chi connectivity index (χ1v) is 29.2. The molecule has 0 unspecified atom stereocenters. The van der Waals surface area contributed by atoms with Crippen molar-refractivity contribution in [3.05, 3.63) is 192 Å². The first-order valence-electron chi connectivity index (χ1n) is 24.8. The number of nitrogens with zero attached hydrogens (tertiary/aromatic N) is 6. The summed E-state index contributed by atoms with van der Waals surface area (Å²) in [6, 6.07) is 47.3. The van der Waals surface area contributed by atoms with Gasteiger partial charge in [-0.3, -0.25) is 0 Å². The van der Waals surface area contributed by atoms with Crippen LogP contribution >= 0.6 is 0 Å². The molecule has 85 heavy (non-hydrogen) atoms. The molecule has 16 nitrogen and oxygen atoms in total. The van der Waals surface area contributed by atoms with E-state index >= 15 is 26.3 Å². The fourth-order valence-electron chi connectivity index (χ4n) is 9.76. The lowest BCUT2D eigenvalue weighted by Crippen LogP contribution is -2.64. The van der Waals surface area contributed by atoms with Gasteiger partial charge in [-0.05, 0) is 42.3 Å². The van der Waals surface area contributed by atoms with Gasteiger partial charge in [0.25, 0.3) is 17.4 Å². The number of aromatic nitrogens is 4. The van der Waals surface area contributed by atoms with E-state index in [-0.39, 0.29) is 74.2 Å². The van der Waals surface area contributed by atoms with Gasteiger partial charge in [0, 0.05) is 27.7 Å². The lowest BCUT2D eigenvalue weighted by molar-refractivity contribution is -0.245. The molecule has 1 N–H and O–H groups in total. The zero-order chi connectivity index (χ0) is 61.2. The SMILES string of the molecule is CC(C)c1c2/c(=C(\C#N)c3nc4ccccc4o3)n(Bc3ccccc3)c(-c3cccc(OS(=O)(=O)C(F)(F)C(F)(F)C(F)(F)S(=O)(=O)NS(=O)(=O)C(F)(F)F)c3)c2/c(=C(\C#N)c2nc3ccccc3o2)n1B(c1ccccc1)c1ccccc1. The van der Waals surface area contributed by atoms with Gasteiger partial charge in [0.1, 0.15) is 40.1 Å². The topological polar surface area (TPSA) is 233 Å². The highest BCUT2D eigenvalue weighted by molar-refractivity contribution is 8.05. The highest BCUT2D eigenvalue weighted by Crippen LogP contribution is 2.51. The van der Waals surface area contributed by atoms with Crippen molar-refractivity contribution in [1.82, 2.24) is 23.1 Å². The van der Waals surface area contributed by atoms with Crippen molar-refractivity contribution in [3.63, 3.8) is 0 Å². The molecule has 0 aliphatic heterocycles. The van der Waals surface area contributed by atoms with E-state index in [9.17, 15) is 48.9 Å². The smallest absolute Gasteiger partial charge is 0.435 e. The van der Waals surface area contributed by atoms with E-state index in [4.69, 9.17) is 13.8 Å². The lowest BCUT2D eigenvalue weighted by Gasteiger charge is -2.31. The van der Waals surface area contributed by atoms with Crippen molar-refractivity contribution in [3.8, 4) is 29.1 Å². The molecule has 0 spiro atoms. The summed E-state index contributed by atoms with van der Waals surface area (Å²) in [5.41, 5.74) is -4.51. The number of benzene rings is 6. The molecule has 4 aromatic heterocycles. The second kappa shape index (κ2) is 21.5. The molecule has 0 radical (unpaired) electrons. The largest absolute Gasteiger partial charge is 0.512 e. The summed E-state index contributed by atoms with van der Waals surface area (Å²) in [6.45, 7) is 2.71. The maximum absolute atomic E-state index is 15.9. The van der Waals surface area contributed by atoms with Gasteiger partial charge in [0.05, 0.1) is 10.7 Å². The Hall–Kier alpha value is -9.09. The Morgan fingerprint density at radius 2 is 1.09 bits per heavy atom. The quantitative estimate of drug-likeness (QED) is 0.0531. The fraction of sp³-hybridized carbons (Fsp3) is 0.127. The summed E-state index contributed by atoms with van der Waals surface area (Å²) in [7, 11) is -23.6. The van der Waals surface area contributed by atoms with Crippen molar-refractivity contribution in [2.75, 3.05) is 0 Å². The second-order valence-electron chi connectivity index (χ2n) is 19.2. The van der Waals surface area contributed by atoms with Crippen LogP contribution in [-0.4, -0.2) is 80.4 Å². The summed E-state index contributed by atoms with van der Waals surface area (Å²) in [5, 5.41) is 8.48. The fourth-order valence-corrected chi connectivity index (χ4v) is 13.1. The summed E-state index contributed by atoms with van der Waals surface area (Å²) in [6.07, 6.45) is 0. The van der Waals surface area contributed by atoms with E-state index in [0.29, 0.717) is 45.2 Å². The molecule has 0 atom stereocenters. The molecule has 4 heterocycles. The van der Waals surface area contributed by atoms with E-state index in [1.54, 1.807) is 115 Å². The lowest BCUT2D eigenvalue weighted by atomic mass is 9.50. The van der Waals surface area contributed by atoms with Crippen LogP contribution in [0, 0.1) is 22.7 Å². The number of hydrogen-bond donors (Lipinski definition) is 1. The highest BCUT2D eigenvalue weighted by Gasteiger charge is 2.83. The summed E-state index contributed by atoms with van der Waals surface area (Å²) in [4.78, 5) is 9.41. The Morgan fingerprint density at radius 1 is 0.612 bits per heavy atom. The van der Waals surface area contributed by atoms with Crippen LogP contribution in [-0.2, 0) is 30.2 Å². The number of para-hydroxylation sites is 4. The number of rotatable bonds is 17. The third kappa shape index (κ3) is 10.1. The van der Waals surface area contributed by atoms with E-state index < -0.39 is 74.7 Å². The van der Waals surface area contributed by atoms with Gasteiger partial charge in [0.15, 0.2) is 11.2 Å². The van der Waals surface area contributed by atoms with Crippen LogP contribution in [0.3, 0.4) is 0 Å². The average Bonchev–Trinajstić information content (AvgIpc) is 1.65. The van der Waals surface area contributed by atoms with Gasteiger partial charge in [-0.2, -0.15) is 58.5 Å². The zero-order valence-corrected chi connectivity index (χ0v) is 45.9. The van der Waals surface area contributed by atoms with Crippen molar-refractivity contribution < 1.29 is 77.8 Å². The molecular formula is C55H36B2F9N7O9S3. The van der Waals surface area contributed by atoms with Crippen molar-refractivity contribution in [2.24, 2.45) is 0 Å². The first-order chi connectivity index (χ1) is 40.1. The van der Waals surface area contributed by atoms with Crippen molar-refractivity contribution >= 4 is 105 Å². The van der Waals surface area contributed by atoms with Crippen molar-refractivity contribution in [1.29, 1.82) is 10.5 Å². The van der Waals surface area contributed by atoms with Gasteiger partial charge in [0.2, 0.25) is 11.8 Å². The molecule has 30 heteroatoms. The zero-order valence-electron chi connectivity index (χ0n) is 43.4. The molecule has 0 amide bonds. The third-order valence-electron chi connectivity index (χ3n) is 13.4. The van der Waals surface area contributed by atoms with E-state index in [2.05, 4.69) is 21.3 Å². The van der Waals surface area contributed by atoms with Gasteiger partial charge in [-0.25, -0.2) is 26.8 Å². The molecule has 0 bridgehead atoms. The van der Waals surface area contributed by atoms with Gasteiger partial charge in [-0.1, -0.05) is 162 Å². The maximum atomic E-state index is 15.9. The molecule has 0 aliphatic carbocycles. The molecule has 0 saturated carbocycles. The number of fused-ring (bicyclic) bond motifs is 3. The standard InChI is InChI=1S/C55H36B2F9N7O9S3/c1-32(2)46-44-45(49(39(31-68)51-70-41-26-13-15-28-43(41)81-51)73(46)57(35-20-8-4-9-21-35)36-22-10-5-11-23-36)47(72(56-34-18-6-3-7-19-34)48(44)38(30-67)50-69-40-25-12-14-27-42(40)80-50)33-17-16-24-37(29-33)82-85(78,79)54(62,63)52(58,59)53(60,61)83(74,75)71-84(76,77)55(64,65)66/h3-29,32,56,71H,1-2H3/b48-38-,49-39-. The summed E-state index contributed by atoms with van der Waals surface area (Å²) in [5.74, 6) is -10.3. The minimum absolute atomic E-state index is 0.00177. The maximum Gasteiger partial charge on any atom is 0.512 e. The number of sulfonamides is 2. The normalized spacial score (nSPS) is 13.7. The van der Waals surface area contributed by atoms with Gasteiger partial charge in [-0.15, -0.1) is 0 Å². The Labute approximate surface area is 476 Å². The number of hydrogen-bond acceptors (Lipinski definition) is 13. The van der Waals surface area contributed by atoms with Crippen LogP contribution in [0.15, 0.2) is 173 Å². The van der Waals surface area contributed by atoms with Gasteiger partial charge < -0.3 is 22.0 Å². The highest BCUT2D eigenvalue weighted by atomic mass is 32.3. The molecule has 0 aliphatic rings. The van der Waals surface area contributed by atoms with Crippen molar-refractivity contribution in [2.45, 2.75) is 41.7 Å². The second-order valence-corrected chi connectivity index (χ2v) is 24.4. The number of alkyl halides is 9. The number of halogens is 9. The van der Waals surface area contributed by atoms with Crippen LogP contribution < -0.4 is 35.4 Å².